The highest BCUT2D eigenvalue weighted by Crippen LogP contribution is 2.16. The van der Waals surface area contributed by atoms with E-state index < -0.39 is 6.04 Å². The van der Waals surface area contributed by atoms with Crippen LogP contribution in [-0.4, -0.2) is 17.0 Å². The number of fused-ring (bicyclic) bond motifs is 1. The molecule has 106 valence electrons. The average Bonchev–Trinajstić information content (AvgIpc) is 2.44. The first-order valence-electron chi connectivity index (χ1n) is 6.73. The largest absolute Gasteiger partial charge is 0.385 e. The second kappa shape index (κ2) is 5.77. The first-order chi connectivity index (χ1) is 9.56. The van der Waals surface area contributed by atoms with Gasteiger partial charge in [0.2, 0.25) is 5.91 Å². The summed E-state index contributed by atoms with van der Waals surface area (Å²) in [5.74, 6) is 0.101. The Morgan fingerprint density at radius 2 is 2.10 bits per heavy atom. The molecule has 1 atom stereocenters. The summed E-state index contributed by atoms with van der Waals surface area (Å²) in [5, 5.41) is 4.13. The van der Waals surface area contributed by atoms with Crippen LogP contribution >= 0.6 is 0 Å². The van der Waals surface area contributed by atoms with Crippen LogP contribution in [0.2, 0.25) is 0 Å². The number of hydrogen-bond donors (Lipinski definition) is 2. The molecule has 0 spiro atoms. The maximum atomic E-state index is 12.5. The van der Waals surface area contributed by atoms with E-state index in [9.17, 15) is 9.59 Å². The van der Waals surface area contributed by atoms with E-state index in [1.165, 1.54) is 4.57 Å². The summed E-state index contributed by atoms with van der Waals surface area (Å²) >= 11 is 0. The quantitative estimate of drug-likeness (QED) is 0.889. The van der Waals surface area contributed by atoms with Gasteiger partial charge >= 0.3 is 0 Å². The molecular formula is C15H19N3O2. The van der Waals surface area contributed by atoms with Crippen molar-refractivity contribution in [3.05, 3.63) is 40.7 Å². The minimum absolute atomic E-state index is 0.198. The molecule has 3 N–H and O–H groups in total. The lowest BCUT2D eigenvalue weighted by Gasteiger charge is -2.18. The Kier molecular flexibility index (Phi) is 4.08. The maximum absolute atomic E-state index is 12.5. The van der Waals surface area contributed by atoms with Gasteiger partial charge in [-0.15, -0.1) is 0 Å². The zero-order valence-electron chi connectivity index (χ0n) is 11.7. The minimum Gasteiger partial charge on any atom is -0.385 e. The Hall–Kier alpha value is -2.30. The van der Waals surface area contributed by atoms with Gasteiger partial charge in [-0.05, 0) is 30.9 Å². The molecule has 2 aromatic rings. The molecule has 0 radical (unpaired) electrons. The third kappa shape index (κ3) is 2.52. The normalized spacial score (nSPS) is 12.3. The third-order valence-electron chi connectivity index (χ3n) is 3.31. The summed E-state index contributed by atoms with van der Waals surface area (Å²) in [6.45, 7) is 4.24. The number of amides is 1. The van der Waals surface area contributed by atoms with Crippen LogP contribution in [0.25, 0.3) is 10.8 Å². The van der Waals surface area contributed by atoms with Crippen LogP contribution in [0.5, 0.6) is 0 Å². The Morgan fingerprint density at radius 3 is 2.80 bits per heavy atom. The van der Waals surface area contributed by atoms with Gasteiger partial charge < -0.3 is 11.1 Å². The van der Waals surface area contributed by atoms with Gasteiger partial charge in [0.1, 0.15) is 11.9 Å². The fourth-order valence-corrected chi connectivity index (χ4v) is 2.21. The summed E-state index contributed by atoms with van der Waals surface area (Å²) in [7, 11) is 0. The predicted molar refractivity (Wildman–Crippen MR) is 80.6 cm³/mol. The molecule has 5 heteroatoms. The van der Waals surface area contributed by atoms with Gasteiger partial charge in [0.05, 0.1) is 0 Å². The van der Waals surface area contributed by atoms with E-state index in [0.29, 0.717) is 17.7 Å². The standard InChI is InChI=1S/C15H19N3O2/c1-3-8-17-14(19)10(2)18-13(16)9-11-6-4-5-7-12(11)15(18)20/h4-7,9-10H,3,8,16H2,1-2H3,(H,17,19). The van der Waals surface area contributed by atoms with Crippen molar-refractivity contribution in [2.45, 2.75) is 26.3 Å². The molecule has 5 nitrogen and oxygen atoms in total. The summed E-state index contributed by atoms with van der Waals surface area (Å²) in [6.07, 6.45) is 0.848. The summed E-state index contributed by atoms with van der Waals surface area (Å²) in [5.41, 5.74) is 5.70. The highest BCUT2D eigenvalue weighted by Gasteiger charge is 2.19. The number of nitrogen functional groups attached to an aromatic ring is 1. The molecule has 1 heterocycles. The number of aromatic nitrogens is 1. The van der Waals surface area contributed by atoms with Crippen LogP contribution in [0.1, 0.15) is 26.3 Å². The number of hydrogen-bond acceptors (Lipinski definition) is 3. The van der Waals surface area contributed by atoms with E-state index in [0.717, 1.165) is 11.8 Å². The number of nitrogens with two attached hydrogens (primary N) is 1. The molecule has 0 aliphatic rings. The molecule has 0 bridgehead atoms. The lowest BCUT2D eigenvalue weighted by Crippen LogP contribution is -2.37. The molecule has 0 saturated carbocycles. The Morgan fingerprint density at radius 1 is 1.40 bits per heavy atom. The monoisotopic (exact) mass is 273 g/mol. The fourth-order valence-electron chi connectivity index (χ4n) is 2.21. The number of nitrogens with zero attached hydrogens (tertiary/aromatic N) is 1. The van der Waals surface area contributed by atoms with Gasteiger partial charge in [-0.2, -0.15) is 0 Å². The van der Waals surface area contributed by atoms with Crippen LogP contribution in [0.3, 0.4) is 0 Å². The highest BCUT2D eigenvalue weighted by atomic mass is 16.2. The number of nitrogens with one attached hydrogen (secondary N) is 1. The number of rotatable bonds is 4. The lowest BCUT2D eigenvalue weighted by atomic mass is 10.1. The van der Waals surface area contributed by atoms with Crippen molar-refractivity contribution in [2.75, 3.05) is 12.3 Å². The zero-order chi connectivity index (χ0) is 14.7. The Bertz CT molecular complexity index is 691. The van der Waals surface area contributed by atoms with Gasteiger partial charge in [0.25, 0.3) is 5.56 Å². The molecule has 1 unspecified atom stereocenters. The smallest absolute Gasteiger partial charge is 0.260 e. The molecule has 0 aliphatic heterocycles. The van der Waals surface area contributed by atoms with Gasteiger partial charge in [-0.1, -0.05) is 25.1 Å². The van der Waals surface area contributed by atoms with Crippen molar-refractivity contribution < 1.29 is 4.79 Å². The number of pyridine rings is 1. The van der Waals surface area contributed by atoms with Gasteiger partial charge in [-0.25, -0.2) is 0 Å². The van der Waals surface area contributed by atoms with Crippen LogP contribution in [0.15, 0.2) is 35.1 Å². The van der Waals surface area contributed by atoms with Crippen LogP contribution in [0, 0.1) is 0 Å². The van der Waals surface area contributed by atoms with Crippen molar-refractivity contribution in [3.8, 4) is 0 Å². The third-order valence-corrected chi connectivity index (χ3v) is 3.31. The summed E-state index contributed by atoms with van der Waals surface area (Å²) in [6, 6.07) is 8.32. The summed E-state index contributed by atoms with van der Waals surface area (Å²) in [4.78, 5) is 24.5. The minimum atomic E-state index is -0.626. The number of carbonyl (C=O) groups excluding carboxylic acids is 1. The van der Waals surface area contributed by atoms with E-state index in [4.69, 9.17) is 5.73 Å². The zero-order valence-corrected chi connectivity index (χ0v) is 11.7. The van der Waals surface area contributed by atoms with Crippen LogP contribution < -0.4 is 16.6 Å². The van der Waals surface area contributed by atoms with Crippen molar-refractivity contribution in [1.29, 1.82) is 0 Å². The Labute approximate surface area is 117 Å². The van der Waals surface area contributed by atoms with Crippen molar-refractivity contribution in [1.82, 2.24) is 9.88 Å². The van der Waals surface area contributed by atoms with E-state index in [1.54, 1.807) is 25.1 Å². The van der Waals surface area contributed by atoms with E-state index in [1.807, 2.05) is 19.1 Å². The summed E-state index contributed by atoms with van der Waals surface area (Å²) < 4.78 is 1.34. The molecular weight excluding hydrogens is 254 g/mol. The first-order valence-corrected chi connectivity index (χ1v) is 6.73. The molecule has 1 aromatic heterocycles. The van der Waals surface area contributed by atoms with Gasteiger partial charge in [-0.3, -0.25) is 14.2 Å². The molecule has 2 rings (SSSR count). The number of carbonyl (C=O) groups is 1. The molecule has 1 amide bonds. The van der Waals surface area contributed by atoms with Gasteiger partial charge in [0.15, 0.2) is 0 Å². The molecule has 0 fully saturated rings. The van der Waals surface area contributed by atoms with E-state index >= 15 is 0 Å². The van der Waals surface area contributed by atoms with Crippen LogP contribution in [-0.2, 0) is 4.79 Å². The second-order valence-corrected chi connectivity index (χ2v) is 4.80. The van der Waals surface area contributed by atoms with E-state index in [2.05, 4.69) is 5.32 Å². The number of anilines is 1. The van der Waals surface area contributed by atoms with E-state index in [-0.39, 0.29) is 11.5 Å². The molecule has 1 aromatic carbocycles. The molecule has 0 aliphatic carbocycles. The SMILES string of the molecule is CCCNC(=O)C(C)n1c(N)cc2ccccc2c1=O. The Balaban J connectivity index is 2.49. The van der Waals surface area contributed by atoms with Crippen molar-refractivity contribution in [3.63, 3.8) is 0 Å². The fraction of sp³-hybridized carbons (Fsp3) is 0.333. The maximum Gasteiger partial charge on any atom is 0.260 e. The van der Waals surface area contributed by atoms with Crippen molar-refractivity contribution >= 4 is 22.5 Å². The lowest BCUT2D eigenvalue weighted by molar-refractivity contribution is -0.123. The second-order valence-electron chi connectivity index (χ2n) is 4.80. The topological polar surface area (TPSA) is 77.1 Å². The molecule has 0 saturated heterocycles. The highest BCUT2D eigenvalue weighted by molar-refractivity contribution is 5.85. The van der Waals surface area contributed by atoms with Crippen molar-refractivity contribution in [2.24, 2.45) is 0 Å². The van der Waals surface area contributed by atoms with Gasteiger partial charge in [0, 0.05) is 11.9 Å². The first kappa shape index (κ1) is 14.1. The van der Waals surface area contributed by atoms with Crippen LogP contribution in [0.4, 0.5) is 5.82 Å². The predicted octanol–water partition coefficient (Wildman–Crippen LogP) is 1.67. The number of benzene rings is 1. The average molecular weight is 273 g/mol. The molecule has 20 heavy (non-hydrogen) atoms.